The molecule has 0 saturated carbocycles. The van der Waals surface area contributed by atoms with Gasteiger partial charge in [0.05, 0.1) is 0 Å². The molecule has 1 fully saturated rings. The predicted octanol–water partition coefficient (Wildman–Crippen LogP) is 2.97. The van der Waals surface area contributed by atoms with Gasteiger partial charge >= 0.3 is 6.17 Å². The molecule has 1 atom stereocenters. The molecule has 5 nitrogen and oxygen atoms in total. The van der Waals surface area contributed by atoms with Crippen molar-refractivity contribution in [1.82, 2.24) is 9.88 Å². The summed E-state index contributed by atoms with van der Waals surface area (Å²) in [5.41, 5.74) is 0. The highest BCUT2D eigenvalue weighted by molar-refractivity contribution is 6.31. The van der Waals surface area contributed by atoms with Crippen LogP contribution in [0.2, 0.25) is 5.02 Å². The van der Waals surface area contributed by atoms with Gasteiger partial charge in [-0.25, -0.2) is 11.6 Å². The summed E-state index contributed by atoms with van der Waals surface area (Å²) in [6.45, 7) is 12.4. The molecule has 6 heteroatoms. The molecule has 0 spiro atoms. The Labute approximate surface area is 139 Å². The quantitative estimate of drug-likeness (QED) is 0.629. The zero-order valence-corrected chi connectivity index (χ0v) is 13.2. The van der Waals surface area contributed by atoms with Crippen LogP contribution >= 0.6 is 11.6 Å². The highest BCUT2D eigenvalue weighted by Crippen LogP contribution is 2.28. The Morgan fingerprint density at radius 1 is 1.43 bits per heavy atom. The van der Waals surface area contributed by atoms with Gasteiger partial charge in [-0.15, -0.1) is 0 Å². The van der Waals surface area contributed by atoms with E-state index >= 15 is 0 Å². The summed E-state index contributed by atoms with van der Waals surface area (Å²) in [6.07, 6.45) is 2.47. The molecule has 1 unspecified atom stereocenters. The molecule has 23 heavy (non-hydrogen) atoms. The number of halogens is 1. The van der Waals surface area contributed by atoms with Crippen LogP contribution in [0.4, 0.5) is 5.82 Å². The van der Waals surface area contributed by atoms with Crippen LogP contribution in [-0.2, 0) is 4.79 Å². The molecule has 2 aromatic rings. The number of amides is 1. The molecule has 116 valence electrons. The highest BCUT2D eigenvalue weighted by atomic mass is 35.5. The molecule has 1 aliphatic rings. The fourth-order valence-electron chi connectivity index (χ4n) is 2.83. The number of fused-ring (bicyclic) bond motifs is 1. The van der Waals surface area contributed by atoms with Crippen LogP contribution in [0.5, 0.6) is 0 Å². The summed E-state index contributed by atoms with van der Waals surface area (Å²) in [5, 5.41) is 2.67. The van der Waals surface area contributed by atoms with E-state index in [4.69, 9.17) is 18.2 Å². The molecule has 1 aliphatic heterocycles. The van der Waals surface area contributed by atoms with Crippen LogP contribution in [0.1, 0.15) is 0 Å². The third kappa shape index (κ3) is 2.86. The van der Waals surface area contributed by atoms with Crippen LogP contribution in [0.3, 0.4) is 0 Å². The summed E-state index contributed by atoms with van der Waals surface area (Å²) >= 11 is 6.04. The van der Waals surface area contributed by atoms with Gasteiger partial charge in [0.15, 0.2) is 0 Å². The number of rotatable bonds is 2. The molecule has 1 aromatic carbocycles. The lowest BCUT2D eigenvalue weighted by molar-refractivity contribution is -0.127. The summed E-state index contributed by atoms with van der Waals surface area (Å²) in [7, 11) is 0. The average molecular weight is 327 g/mol. The van der Waals surface area contributed by atoms with Crippen LogP contribution in [-0.4, -0.2) is 41.6 Å². The highest BCUT2D eigenvalue weighted by Gasteiger charge is 2.34. The zero-order valence-electron chi connectivity index (χ0n) is 12.4. The normalized spacial score (nSPS) is 17.8. The minimum atomic E-state index is -0.529. The van der Waals surface area contributed by atoms with Crippen LogP contribution in [0.15, 0.2) is 43.1 Å². The first-order chi connectivity index (χ1) is 11.1. The molecule has 0 N–H and O–H groups in total. The van der Waals surface area contributed by atoms with Crippen molar-refractivity contribution in [1.29, 1.82) is 0 Å². The number of piperazine rings is 1. The second kappa shape index (κ2) is 6.27. The molecular formula is C17H15ClN4O. The van der Waals surface area contributed by atoms with E-state index in [2.05, 4.69) is 16.4 Å². The van der Waals surface area contributed by atoms with Gasteiger partial charge < -0.3 is 4.90 Å². The van der Waals surface area contributed by atoms with Gasteiger partial charge in [0.25, 0.3) is 5.91 Å². The predicted molar refractivity (Wildman–Crippen MR) is 91.3 cm³/mol. The maximum absolute atomic E-state index is 11.8. The van der Waals surface area contributed by atoms with Gasteiger partial charge in [0.2, 0.25) is 0 Å². The van der Waals surface area contributed by atoms with Crippen LogP contribution in [0.25, 0.3) is 15.6 Å². The number of hydrogen-bond donors (Lipinski definition) is 0. The number of anilines is 1. The summed E-state index contributed by atoms with van der Waals surface area (Å²) < 4.78 is 0. The van der Waals surface area contributed by atoms with Crippen LogP contribution < -0.4 is 4.90 Å². The van der Waals surface area contributed by atoms with Gasteiger partial charge in [0.1, 0.15) is 12.4 Å². The van der Waals surface area contributed by atoms with Crippen molar-refractivity contribution in [3.05, 3.63) is 59.6 Å². The zero-order chi connectivity index (χ0) is 16.4. The standard InChI is InChI=1S/C17H15ClN4O/c1-3-16(23)22-9-8-21(11-15(22)19-2)17-14-5-4-13(18)10-12(14)6-7-20-17/h3-7,10,15H,1,8-9,11H2. The minimum Gasteiger partial charge on any atom is -0.344 e. The van der Waals surface area contributed by atoms with Crippen molar-refractivity contribution < 1.29 is 4.79 Å². The molecular weight excluding hydrogens is 312 g/mol. The van der Waals surface area contributed by atoms with E-state index in [9.17, 15) is 4.79 Å². The van der Waals surface area contributed by atoms with Crippen molar-refractivity contribution >= 4 is 34.1 Å². The third-order valence-corrected chi connectivity index (χ3v) is 4.20. The fourth-order valence-corrected chi connectivity index (χ4v) is 3.01. The second-order valence-electron chi connectivity index (χ2n) is 5.29. The van der Waals surface area contributed by atoms with Crippen LogP contribution in [0, 0.1) is 6.57 Å². The fraction of sp³-hybridized carbons (Fsp3) is 0.235. The Kier molecular flexibility index (Phi) is 4.18. The largest absolute Gasteiger partial charge is 0.344 e. The van der Waals surface area contributed by atoms with Crippen molar-refractivity contribution in [2.24, 2.45) is 0 Å². The number of carbonyl (C=O) groups is 1. The Morgan fingerprint density at radius 3 is 3.00 bits per heavy atom. The lowest BCUT2D eigenvalue weighted by atomic mass is 10.1. The van der Waals surface area contributed by atoms with Gasteiger partial charge in [-0.3, -0.25) is 14.5 Å². The number of carbonyl (C=O) groups excluding carboxylic acids is 1. The summed E-state index contributed by atoms with van der Waals surface area (Å²) in [5.74, 6) is 0.613. The van der Waals surface area contributed by atoms with Gasteiger partial charge in [-0.1, -0.05) is 18.2 Å². The van der Waals surface area contributed by atoms with E-state index in [1.807, 2.05) is 29.2 Å². The summed E-state index contributed by atoms with van der Waals surface area (Å²) in [4.78, 5) is 23.5. The lowest BCUT2D eigenvalue weighted by Gasteiger charge is -2.35. The van der Waals surface area contributed by atoms with Crippen molar-refractivity contribution in [3.63, 3.8) is 0 Å². The number of nitrogens with zero attached hydrogens (tertiary/aromatic N) is 4. The first kappa shape index (κ1) is 15.3. The third-order valence-electron chi connectivity index (χ3n) is 3.97. The molecule has 1 amide bonds. The number of aromatic nitrogens is 1. The van der Waals surface area contributed by atoms with E-state index in [0.29, 0.717) is 24.7 Å². The Balaban J connectivity index is 1.94. The van der Waals surface area contributed by atoms with Crippen molar-refractivity contribution in [2.45, 2.75) is 6.17 Å². The first-order valence-electron chi connectivity index (χ1n) is 7.23. The maximum atomic E-state index is 11.8. The number of pyridine rings is 1. The van der Waals surface area contributed by atoms with E-state index in [-0.39, 0.29) is 5.91 Å². The maximum Gasteiger partial charge on any atom is 0.318 e. The van der Waals surface area contributed by atoms with E-state index in [0.717, 1.165) is 16.6 Å². The lowest BCUT2D eigenvalue weighted by Crippen LogP contribution is -2.53. The van der Waals surface area contributed by atoms with Crippen molar-refractivity contribution in [3.8, 4) is 0 Å². The SMILES string of the molecule is [C-]#[N+]C1CN(c2nccc3cc(Cl)ccc23)CCN1C(=O)C=C. The molecule has 1 aromatic heterocycles. The van der Waals surface area contributed by atoms with Crippen molar-refractivity contribution in [2.75, 3.05) is 24.5 Å². The van der Waals surface area contributed by atoms with E-state index < -0.39 is 6.17 Å². The van der Waals surface area contributed by atoms with E-state index in [1.165, 1.54) is 6.08 Å². The minimum absolute atomic E-state index is 0.205. The Hall–Kier alpha value is -2.58. The molecule has 0 aliphatic carbocycles. The molecule has 3 rings (SSSR count). The van der Waals surface area contributed by atoms with Gasteiger partial charge in [-0.05, 0) is 35.7 Å². The van der Waals surface area contributed by atoms with Gasteiger partial charge in [-0.2, -0.15) is 0 Å². The molecule has 1 saturated heterocycles. The summed E-state index contributed by atoms with van der Waals surface area (Å²) in [6, 6.07) is 7.58. The molecule has 0 radical (unpaired) electrons. The van der Waals surface area contributed by atoms with E-state index in [1.54, 1.807) is 11.1 Å². The average Bonchev–Trinajstić information content (AvgIpc) is 2.59. The Bertz CT molecular complexity index is 814. The topological polar surface area (TPSA) is 40.8 Å². The number of hydrogen-bond acceptors (Lipinski definition) is 3. The second-order valence-corrected chi connectivity index (χ2v) is 5.73. The molecule has 0 bridgehead atoms. The molecule has 2 heterocycles. The Morgan fingerprint density at radius 2 is 2.26 bits per heavy atom. The van der Waals surface area contributed by atoms with Gasteiger partial charge in [0, 0.05) is 29.7 Å². The number of benzene rings is 1. The monoisotopic (exact) mass is 326 g/mol. The smallest absolute Gasteiger partial charge is 0.318 e. The first-order valence-corrected chi connectivity index (χ1v) is 7.60.